The number of carbonyl (C=O) groups is 1. The minimum atomic E-state index is -0.535. The Morgan fingerprint density at radius 2 is 1.93 bits per heavy atom. The first-order valence-corrected chi connectivity index (χ1v) is 14.0. The van der Waals surface area contributed by atoms with Gasteiger partial charge in [0.2, 0.25) is 0 Å². The number of aromatic nitrogens is 2. The normalized spacial score (nSPS) is 17.5. The molecule has 2 aliphatic rings. The molecule has 1 fully saturated rings. The first-order valence-electron chi connectivity index (χ1n) is 13.6. The number of methoxy groups -OCH3 is 2. The summed E-state index contributed by atoms with van der Waals surface area (Å²) < 4.78 is 39.3. The predicted octanol–water partition coefficient (Wildman–Crippen LogP) is 6.05. The minimum Gasteiger partial charge on any atom is -0.494 e. The van der Waals surface area contributed by atoms with E-state index in [4.69, 9.17) is 35.5 Å². The van der Waals surface area contributed by atoms with Crippen LogP contribution in [0.1, 0.15) is 52.2 Å². The van der Waals surface area contributed by atoms with Crippen molar-refractivity contribution in [2.24, 2.45) is 7.05 Å². The van der Waals surface area contributed by atoms with Gasteiger partial charge in [-0.15, -0.1) is 0 Å². The van der Waals surface area contributed by atoms with Crippen molar-refractivity contribution in [3.05, 3.63) is 81.9 Å². The van der Waals surface area contributed by atoms with Gasteiger partial charge in [0.25, 0.3) is 0 Å². The van der Waals surface area contributed by atoms with Crippen LogP contribution in [0.25, 0.3) is 11.0 Å². The number of fused-ring (bicyclic) bond motifs is 2. The van der Waals surface area contributed by atoms with Crippen LogP contribution in [-0.2, 0) is 18.3 Å². The van der Waals surface area contributed by atoms with Crippen LogP contribution >= 0.6 is 11.6 Å². The fourth-order valence-corrected chi connectivity index (χ4v) is 5.96. The van der Waals surface area contributed by atoms with Crippen molar-refractivity contribution in [3.8, 4) is 17.2 Å². The monoisotopic (exact) mass is 579 g/mol. The van der Waals surface area contributed by atoms with E-state index in [9.17, 15) is 9.18 Å². The summed E-state index contributed by atoms with van der Waals surface area (Å²) in [4.78, 5) is 19.4. The first kappa shape index (κ1) is 27.4. The summed E-state index contributed by atoms with van der Waals surface area (Å²) in [5, 5.41) is 0.348. The summed E-state index contributed by atoms with van der Waals surface area (Å²) >= 11 is 5.92. The Bertz CT molecular complexity index is 1620. The smallest absolute Gasteiger partial charge is 0.338 e. The molecule has 2 aliphatic heterocycles. The van der Waals surface area contributed by atoms with Crippen LogP contribution in [0.2, 0.25) is 5.02 Å². The number of halogens is 2. The quantitative estimate of drug-likeness (QED) is 0.257. The van der Waals surface area contributed by atoms with Gasteiger partial charge in [0.05, 0.1) is 31.8 Å². The Kier molecular flexibility index (Phi) is 7.48. The third-order valence-electron chi connectivity index (χ3n) is 8.04. The number of hydrogen-bond donors (Lipinski definition) is 0. The van der Waals surface area contributed by atoms with Gasteiger partial charge in [0.1, 0.15) is 29.5 Å². The van der Waals surface area contributed by atoms with Crippen LogP contribution < -0.4 is 14.2 Å². The fraction of sp³-hybridized carbons (Fsp3) is 0.355. The average molecular weight is 580 g/mol. The van der Waals surface area contributed by atoms with E-state index in [1.165, 1.54) is 13.2 Å². The maximum atomic E-state index is 14.5. The van der Waals surface area contributed by atoms with Crippen LogP contribution in [-0.4, -0.2) is 54.3 Å². The van der Waals surface area contributed by atoms with Gasteiger partial charge in [0, 0.05) is 23.2 Å². The Balaban J connectivity index is 1.15. The Morgan fingerprint density at radius 3 is 2.66 bits per heavy atom. The molecule has 0 radical (unpaired) electrons. The Labute approximate surface area is 242 Å². The van der Waals surface area contributed by atoms with Gasteiger partial charge < -0.3 is 23.5 Å². The van der Waals surface area contributed by atoms with E-state index in [0.29, 0.717) is 40.1 Å². The zero-order valence-electron chi connectivity index (χ0n) is 23.2. The Morgan fingerprint density at radius 1 is 1.12 bits per heavy atom. The number of likely N-dealkylation sites (tertiary alicyclic amines) is 1. The molecule has 6 rings (SSSR count). The molecule has 0 aliphatic carbocycles. The van der Waals surface area contributed by atoms with Crippen LogP contribution in [0.4, 0.5) is 4.39 Å². The highest BCUT2D eigenvalue weighted by Crippen LogP contribution is 2.44. The van der Waals surface area contributed by atoms with E-state index in [1.54, 1.807) is 31.4 Å². The van der Waals surface area contributed by atoms with Crippen molar-refractivity contribution in [2.75, 3.05) is 33.9 Å². The number of benzene rings is 3. The predicted molar refractivity (Wildman–Crippen MR) is 153 cm³/mol. The lowest BCUT2D eigenvalue weighted by molar-refractivity contribution is 0.0600. The molecule has 3 heterocycles. The summed E-state index contributed by atoms with van der Waals surface area (Å²) in [6, 6.07) is 14.0. The molecule has 10 heteroatoms. The SMILES string of the molecule is COC(=O)c1cc(OC)c2nc(CN3CCC(c4cccc5c4OC[C@H](c4ccc(Cl)cc4F)O5)CC3)n(C)c2c1. The van der Waals surface area contributed by atoms with Gasteiger partial charge in [0.15, 0.2) is 17.6 Å². The van der Waals surface area contributed by atoms with Crippen molar-refractivity contribution in [2.45, 2.75) is 31.4 Å². The molecule has 0 saturated carbocycles. The molecule has 41 heavy (non-hydrogen) atoms. The van der Waals surface area contributed by atoms with E-state index in [1.807, 2.05) is 23.7 Å². The van der Waals surface area contributed by atoms with Crippen LogP contribution in [0.3, 0.4) is 0 Å². The molecule has 1 atom stereocenters. The number of hydrogen-bond acceptors (Lipinski definition) is 7. The Hall–Kier alpha value is -3.82. The molecule has 1 aromatic heterocycles. The number of aryl methyl sites for hydroxylation is 1. The van der Waals surface area contributed by atoms with Crippen LogP contribution in [0.15, 0.2) is 48.5 Å². The second-order valence-corrected chi connectivity index (χ2v) is 10.9. The number of carbonyl (C=O) groups excluding carboxylic acids is 1. The summed E-state index contributed by atoms with van der Waals surface area (Å²) in [6.07, 6.45) is 1.37. The fourth-order valence-electron chi connectivity index (χ4n) is 5.80. The molecule has 0 amide bonds. The van der Waals surface area contributed by atoms with Gasteiger partial charge in [-0.1, -0.05) is 29.8 Å². The minimum absolute atomic E-state index is 0.231. The third-order valence-corrected chi connectivity index (χ3v) is 8.28. The molecule has 1 saturated heterocycles. The van der Waals surface area contributed by atoms with Gasteiger partial charge >= 0.3 is 5.97 Å². The summed E-state index contributed by atoms with van der Waals surface area (Å²) in [5.74, 6) is 2.32. The summed E-state index contributed by atoms with van der Waals surface area (Å²) in [6.45, 7) is 2.69. The molecular weight excluding hydrogens is 549 g/mol. The number of esters is 1. The van der Waals surface area contributed by atoms with Gasteiger partial charge in [-0.3, -0.25) is 4.90 Å². The molecular formula is C31H31ClFN3O5. The maximum Gasteiger partial charge on any atom is 0.338 e. The molecule has 0 bridgehead atoms. The van der Waals surface area contributed by atoms with Crippen molar-refractivity contribution >= 4 is 28.6 Å². The van der Waals surface area contributed by atoms with Crippen LogP contribution in [0.5, 0.6) is 17.2 Å². The molecule has 8 nitrogen and oxygen atoms in total. The number of para-hydroxylation sites is 1. The van der Waals surface area contributed by atoms with Crippen molar-refractivity contribution in [1.82, 2.24) is 14.5 Å². The lowest BCUT2D eigenvalue weighted by atomic mass is 9.88. The second-order valence-electron chi connectivity index (χ2n) is 10.4. The zero-order chi connectivity index (χ0) is 28.7. The lowest BCUT2D eigenvalue weighted by Gasteiger charge is -2.34. The highest BCUT2D eigenvalue weighted by Gasteiger charge is 2.31. The van der Waals surface area contributed by atoms with Crippen molar-refractivity contribution in [1.29, 1.82) is 0 Å². The van der Waals surface area contributed by atoms with Crippen molar-refractivity contribution in [3.63, 3.8) is 0 Å². The first-order chi connectivity index (χ1) is 19.9. The van der Waals surface area contributed by atoms with E-state index in [-0.39, 0.29) is 6.61 Å². The molecule has 214 valence electrons. The number of imidazole rings is 1. The summed E-state index contributed by atoms with van der Waals surface area (Å²) in [7, 11) is 4.89. The van der Waals surface area contributed by atoms with Crippen LogP contribution in [0, 0.1) is 5.82 Å². The maximum absolute atomic E-state index is 14.5. The number of nitrogens with zero attached hydrogens (tertiary/aromatic N) is 3. The summed E-state index contributed by atoms with van der Waals surface area (Å²) in [5.41, 5.74) is 3.52. The lowest BCUT2D eigenvalue weighted by Crippen LogP contribution is -2.33. The van der Waals surface area contributed by atoms with Gasteiger partial charge in [-0.2, -0.15) is 0 Å². The second kappa shape index (κ2) is 11.2. The molecule has 3 aromatic carbocycles. The number of piperidine rings is 1. The number of rotatable bonds is 6. The van der Waals surface area contributed by atoms with E-state index < -0.39 is 17.9 Å². The van der Waals surface area contributed by atoms with E-state index >= 15 is 0 Å². The standard InChI is InChI=1S/C31H31ClFN3O5/c1-35-24-13-19(31(37)39-3)14-26(38-2)29(24)34-28(35)16-36-11-9-18(10-12-36)21-5-4-6-25-30(21)40-17-27(41-25)22-8-7-20(32)15-23(22)33/h4-8,13-15,18,27H,9-12,16-17H2,1-3H3/t27-/m1/s1. The molecule has 4 aromatic rings. The van der Waals surface area contributed by atoms with E-state index in [2.05, 4.69) is 11.0 Å². The highest BCUT2D eigenvalue weighted by molar-refractivity contribution is 6.30. The largest absolute Gasteiger partial charge is 0.494 e. The average Bonchev–Trinajstić information content (AvgIpc) is 3.30. The molecule has 0 unspecified atom stereocenters. The van der Waals surface area contributed by atoms with E-state index in [0.717, 1.165) is 54.1 Å². The molecule has 0 spiro atoms. The highest BCUT2D eigenvalue weighted by atomic mass is 35.5. The molecule has 0 N–H and O–H groups in total. The van der Waals surface area contributed by atoms with Gasteiger partial charge in [-0.25, -0.2) is 14.2 Å². The zero-order valence-corrected chi connectivity index (χ0v) is 23.9. The van der Waals surface area contributed by atoms with Crippen molar-refractivity contribution < 1.29 is 28.1 Å². The third kappa shape index (κ3) is 5.20. The topological polar surface area (TPSA) is 75.1 Å². The van der Waals surface area contributed by atoms with Gasteiger partial charge in [-0.05, 0) is 62.2 Å². The number of ether oxygens (including phenoxy) is 4.